The van der Waals surface area contributed by atoms with Crippen LogP contribution in [0.5, 0.6) is 0 Å². The van der Waals surface area contributed by atoms with Crippen molar-refractivity contribution >= 4 is 17.1 Å². The summed E-state index contributed by atoms with van der Waals surface area (Å²) in [6.45, 7) is 11.3. The van der Waals surface area contributed by atoms with Gasteiger partial charge in [0.15, 0.2) is 5.82 Å². The van der Waals surface area contributed by atoms with Crippen LogP contribution in [-0.4, -0.2) is 64.1 Å². The third kappa shape index (κ3) is 7.52. The van der Waals surface area contributed by atoms with Crippen LogP contribution in [0.4, 0.5) is 5.82 Å². The Bertz CT molecular complexity index is 1070. The van der Waals surface area contributed by atoms with Crippen LogP contribution in [0.3, 0.4) is 0 Å². The number of nitrogens with zero attached hydrogens (tertiary/aromatic N) is 4. The largest absolute Gasteiger partial charge is 0.394 e. The van der Waals surface area contributed by atoms with Crippen molar-refractivity contribution in [3.8, 4) is 11.4 Å². The van der Waals surface area contributed by atoms with Crippen molar-refractivity contribution in [3.63, 3.8) is 0 Å². The van der Waals surface area contributed by atoms with Crippen LogP contribution >= 0.6 is 0 Å². The fraction of sp³-hybridized carbons (Fsp3) is 0.269. The molecular formula is C26H33N5O2. The molecule has 1 aromatic heterocycles. The minimum absolute atomic E-state index is 0.127. The first kappa shape index (κ1) is 25.7. The highest BCUT2D eigenvalue weighted by Gasteiger charge is 2.14. The summed E-state index contributed by atoms with van der Waals surface area (Å²) in [5, 5.41) is 22.2. The van der Waals surface area contributed by atoms with E-state index in [2.05, 4.69) is 28.5 Å². The molecule has 7 nitrogen and oxygen atoms in total. The third-order valence-corrected chi connectivity index (χ3v) is 4.49. The van der Waals surface area contributed by atoms with Gasteiger partial charge in [-0.15, -0.1) is 0 Å². The lowest BCUT2D eigenvalue weighted by molar-refractivity contribution is 0.105. The van der Waals surface area contributed by atoms with Crippen LogP contribution in [-0.2, 0) is 0 Å². The highest BCUT2D eigenvalue weighted by atomic mass is 16.3. The van der Waals surface area contributed by atoms with Crippen molar-refractivity contribution in [1.82, 2.24) is 14.9 Å². The van der Waals surface area contributed by atoms with Crippen LogP contribution in [0.1, 0.15) is 25.0 Å². The standard InChI is InChI=1S/C26H33N5O2/c1-7-10-24(29-18(3)4)23-15-28-25(30-26(23)27-14-22(33)17-32)21-12-9-11-20(13-21)19(8-2)16-31(5)6/h7-13,15-16,22,32-33H,2-3,14,17H2,1,4-6H3,(H,27,28,30)/b10-7-,19-16+,29-24?/t22-/m0/s1. The quantitative estimate of drug-likeness (QED) is 0.357. The molecule has 0 saturated carbocycles. The summed E-state index contributed by atoms with van der Waals surface area (Å²) in [5.74, 6) is 1.02. The number of nitrogens with one attached hydrogen (secondary N) is 1. The maximum absolute atomic E-state index is 9.85. The first-order valence-corrected chi connectivity index (χ1v) is 10.7. The van der Waals surface area contributed by atoms with E-state index in [1.54, 1.807) is 6.20 Å². The molecule has 1 aromatic carbocycles. The Balaban J connectivity index is 2.59. The highest BCUT2D eigenvalue weighted by Crippen LogP contribution is 2.25. The number of aromatic nitrogens is 2. The Labute approximate surface area is 196 Å². The molecule has 1 atom stereocenters. The second-order valence-corrected chi connectivity index (χ2v) is 7.74. The van der Waals surface area contributed by atoms with Crippen molar-refractivity contribution in [2.45, 2.75) is 20.0 Å². The third-order valence-electron chi connectivity index (χ3n) is 4.49. The predicted octanol–water partition coefficient (Wildman–Crippen LogP) is 3.90. The van der Waals surface area contributed by atoms with Gasteiger partial charge in [0, 0.05) is 44.3 Å². The molecule has 2 rings (SSSR count). The zero-order valence-electron chi connectivity index (χ0n) is 19.8. The number of hydrogen-bond donors (Lipinski definition) is 3. The lowest BCUT2D eigenvalue weighted by Crippen LogP contribution is -2.24. The topological polar surface area (TPSA) is 93.9 Å². The number of anilines is 1. The molecule has 0 aliphatic carbocycles. The number of allylic oxidation sites excluding steroid dienone is 5. The summed E-state index contributed by atoms with van der Waals surface area (Å²) in [5.41, 5.74) is 4.76. The highest BCUT2D eigenvalue weighted by molar-refractivity contribution is 6.12. The Morgan fingerprint density at radius 2 is 2.09 bits per heavy atom. The van der Waals surface area contributed by atoms with Crippen LogP contribution in [0, 0.1) is 0 Å². The van der Waals surface area contributed by atoms with E-state index >= 15 is 0 Å². The van der Waals surface area contributed by atoms with Gasteiger partial charge in [-0.25, -0.2) is 9.97 Å². The molecule has 0 aliphatic rings. The fourth-order valence-corrected chi connectivity index (χ4v) is 3.03. The molecular weight excluding hydrogens is 414 g/mol. The predicted molar refractivity (Wildman–Crippen MR) is 137 cm³/mol. The van der Waals surface area contributed by atoms with Crippen molar-refractivity contribution in [3.05, 3.63) is 84.9 Å². The van der Waals surface area contributed by atoms with E-state index in [4.69, 9.17) is 4.98 Å². The molecule has 174 valence electrons. The Morgan fingerprint density at radius 1 is 1.33 bits per heavy atom. The number of aliphatic hydroxyl groups excluding tert-OH is 2. The van der Waals surface area contributed by atoms with Crippen LogP contribution < -0.4 is 5.32 Å². The number of benzene rings is 1. The van der Waals surface area contributed by atoms with E-state index in [0.717, 1.165) is 16.7 Å². The van der Waals surface area contributed by atoms with Crippen LogP contribution in [0.15, 0.2) is 78.7 Å². The molecule has 3 N–H and O–H groups in total. The molecule has 0 fully saturated rings. The van der Waals surface area contributed by atoms with Gasteiger partial charge in [0.1, 0.15) is 5.82 Å². The first-order chi connectivity index (χ1) is 15.8. The number of rotatable bonds is 11. The van der Waals surface area contributed by atoms with E-state index in [-0.39, 0.29) is 13.2 Å². The van der Waals surface area contributed by atoms with E-state index in [1.807, 2.05) is 81.5 Å². The molecule has 33 heavy (non-hydrogen) atoms. The average molecular weight is 448 g/mol. The summed E-state index contributed by atoms with van der Waals surface area (Å²) in [6, 6.07) is 7.91. The summed E-state index contributed by atoms with van der Waals surface area (Å²) >= 11 is 0. The average Bonchev–Trinajstić information content (AvgIpc) is 2.80. The van der Waals surface area contributed by atoms with Crippen molar-refractivity contribution in [1.29, 1.82) is 0 Å². The van der Waals surface area contributed by atoms with Gasteiger partial charge in [0.2, 0.25) is 0 Å². The second-order valence-electron chi connectivity index (χ2n) is 7.74. The van der Waals surface area contributed by atoms with Gasteiger partial charge < -0.3 is 20.4 Å². The van der Waals surface area contributed by atoms with Gasteiger partial charge in [0.25, 0.3) is 0 Å². The van der Waals surface area contributed by atoms with E-state index in [1.165, 1.54) is 0 Å². The SMILES string of the molecule is C=C/C(=C\N(C)C)c1cccc(-c2ncc(C(/C=C\C)=NC(=C)C)c(NC[C@H](O)CO)n2)c1. The maximum atomic E-state index is 9.85. The van der Waals surface area contributed by atoms with Crippen molar-refractivity contribution in [2.75, 3.05) is 32.6 Å². The molecule has 0 aliphatic heterocycles. The van der Waals surface area contributed by atoms with Gasteiger partial charge in [-0.2, -0.15) is 0 Å². The van der Waals surface area contributed by atoms with Crippen molar-refractivity contribution < 1.29 is 10.2 Å². The minimum atomic E-state index is -0.922. The van der Waals surface area contributed by atoms with E-state index in [0.29, 0.717) is 28.6 Å². The zero-order chi connectivity index (χ0) is 24.4. The second kappa shape index (κ2) is 12.5. The van der Waals surface area contributed by atoms with Gasteiger partial charge in [-0.3, -0.25) is 4.99 Å². The number of aliphatic imine (C=N–C) groups is 1. The fourth-order valence-electron chi connectivity index (χ4n) is 3.03. The molecule has 7 heteroatoms. The van der Waals surface area contributed by atoms with E-state index in [9.17, 15) is 10.2 Å². The Hall–Kier alpha value is -3.55. The molecule has 1 heterocycles. The normalized spacial score (nSPS) is 13.2. The van der Waals surface area contributed by atoms with E-state index < -0.39 is 6.10 Å². The lowest BCUT2D eigenvalue weighted by Gasteiger charge is -2.15. The van der Waals surface area contributed by atoms with Gasteiger partial charge >= 0.3 is 0 Å². The van der Waals surface area contributed by atoms with Crippen LogP contribution in [0.25, 0.3) is 17.0 Å². The molecule has 0 amide bonds. The van der Waals surface area contributed by atoms with Crippen molar-refractivity contribution in [2.24, 2.45) is 4.99 Å². The van der Waals surface area contributed by atoms with Crippen LogP contribution in [0.2, 0.25) is 0 Å². The van der Waals surface area contributed by atoms with Gasteiger partial charge in [-0.1, -0.05) is 43.5 Å². The number of aliphatic hydroxyl groups is 2. The molecule has 0 spiro atoms. The summed E-state index contributed by atoms with van der Waals surface area (Å²) in [6.07, 6.45) is 8.31. The summed E-state index contributed by atoms with van der Waals surface area (Å²) in [4.78, 5) is 15.8. The Morgan fingerprint density at radius 3 is 2.70 bits per heavy atom. The smallest absolute Gasteiger partial charge is 0.161 e. The maximum Gasteiger partial charge on any atom is 0.161 e. The molecule has 0 unspecified atom stereocenters. The monoisotopic (exact) mass is 447 g/mol. The minimum Gasteiger partial charge on any atom is -0.394 e. The Kier molecular flexibility index (Phi) is 9.72. The molecule has 0 bridgehead atoms. The molecule has 0 radical (unpaired) electrons. The summed E-state index contributed by atoms with van der Waals surface area (Å²) in [7, 11) is 3.92. The first-order valence-electron chi connectivity index (χ1n) is 10.7. The zero-order valence-corrected chi connectivity index (χ0v) is 19.8. The lowest BCUT2D eigenvalue weighted by atomic mass is 10.0. The molecule has 2 aromatic rings. The molecule has 0 saturated heterocycles. The van der Waals surface area contributed by atoms with Gasteiger partial charge in [-0.05, 0) is 37.1 Å². The summed E-state index contributed by atoms with van der Waals surface area (Å²) < 4.78 is 0. The van der Waals surface area contributed by atoms with Gasteiger partial charge in [0.05, 0.1) is 24.0 Å². The number of hydrogen-bond acceptors (Lipinski definition) is 7.